The van der Waals surface area contributed by atoms with Crippen molar-refractivity contribution < 1.29 is 0 Å². The molecule has 3 nitrogen and oxygen atoms in total. The molecule has 1 saturated heterocycles. The van der Waals surface area contributed by atoms with Crippen molar-refractivity contribution in [2.45, 2.75) is 26.2 Å². The zero-order valence-corrected chi connectivity index (χ0v) is 11.2. The summed E-state index contributed by atoms with van der Waals surface area (Å²) in [6, 6.07) is 6.60. The first kappa shape index (κ1) is 11.7. The van der Waals surface area contributed by atoms with Crippen molar-refractivity contribution in [1.82, 2.24) is 15.1 Å². The van der Waals surface area contributed by atoms with Crippen molar-refractivity contribution in [3.8, 4) is 0 Å². The van der Waals surface area contributed by atoms with Gasteiger partial charge in [0.2, 0.25) is 0 Å². The van der Waals surface area contributed by atoms with E-state index >= 15 is 0 Å². The topological polar surface area (TPSA) is 29.9 Å². The Morgan fingerprint density at radius 2 is 2.33 bits per heavy atom. The second-order valence-electron chi connectivity index (χ2n) is 5.44. The number of nitrogens with zero attached hydrogens (tertiary/aromatic N) is 2. The number of aryl methyl sites for hydroxylation is 2. The third-order valence-electron chi connectivity index (χ3n) is 4.05. The third-order valence-corrected chi connectivity index (χ3v) is 4.05. The van der Waals surface area contributed by atoms with E-state index in [-0.39, 0.29) is 0 Å². The van der Waals surface area contributed by atoms with Gasteiger partial charge in [-0.3, -0.25) is 4.68 Å². The summed E-state index contributed by atoms with van der Waals surface area (Å²) >= 11 is 0. The Morgan fingerprint density at radius 3 is 3.11 bits per heavy atom. The van der Waals surface area contributed by atoms with Gasteiger partial charge in [-0.05, 0) is 56.8 Å². The van der Waals surface area contributed by atoms with Gasteiger partial charge in [0, 0.05) is 12.4 Å². The largest absolute Gasteiger partial charge is 0.316 e. The minimum atomic E-state index is 0.781. The van der Waals surface area contributed by atoms with Gasteiger partial charge in [0.05, 0.1) is 11.2 Å². The molecule has 1 aromatic carbocycles. The molecule has 0 aliphatic carbocycles. The normalized spacial score (nSPS) is 20.4. The fraction of sp³-hybridized carbons (Fsp3) is 0.533. The first-order chi connectivity index (χ1) is 8.75. The molecule has 2 aromatic rings. The van der Waals surface area contributed by atoms with Crippen LogP contribution in [0.2, 0.25) is 0 Å². The summed E-state index contributed by atoms with van der Waals surface area (Å²) in [6.07, 6.45) is 3.84. The Bertz CT molecular complexity index is 550. The minimum Gasteiger partial charge on any atom is -0.316 e. The zero-order valence-electron chi connectivity index (χ0n) is 11.2. The first-order valence-electron chi connectivity index (χ1n) is 6.87. The summed E-state index contributed by atoms with van der Waals surface area (Å²) in [5.74, 6) is 0.781. The van der Waals surface area contributed by atoms with E-state index in [1.54, 1.807) is 0 Å². The third kappa shape index (κ3) is 2.03. The highest BCUT2D eigenvalue weighted by Gasteiger charge is 2.16. The molecule has 0 radical (unpaired) electrons. The Labute approximate surface area is 108 Å². The van der Waals surface area contributed by atoms with Gasteiger partial charge in [0.1, 0.15) is 0 Å². The summed E-state index contributed by atoms with van der Waals surface area (Å²) in [6.45, 7) is 4.47. The zero-order chi connectivity index (χ0) is 12.5. The van der Waals surface area contributed by atoms with Gasteiger partial charge in [-0.15, -0.1) is 0 Å². The van der Waals surface area contributed by atoms with E-state index in [1.165, 1.54) is 42.3 Å². The lowest BCUT2D eigenvalue weighted by Gasteiger charge is -2.23. The predicted octanol–water partition coefficient (Wildman–Crippen LogP) is 2.42. The SMILES string of the molecule is Cc1nn(C)c2cccc(CC3CCCNC3)c12. The Kier molecular flexibility index (Phi) is 3.08. The van der Waals surface area contributed by atoms with Crippen LogP contribution in [0.5, 0.6) is 0 Å². The van der Waals surface area contributed by atoms with Crippen LogP contribution in [0, 0.1) is 12.8 Å². The maximum atomic E-state index is 4.54. The number of hydrogen-bond donors (Lipinski definition) is 1. The van der Waals surface area contributed by atoms with Crippen molar-refractivity contribution in [2.24, 2.45) is 13.0 Å². The van der Waals surface area contributed by atoms with Crippen LogP contribution in [-0.2, 0) is 13.5 Å². The van der Waals surface area contributed by atoms with E-state index in [1.807, 2.05) is 11.7 Å². The highest BCUT2D eigenvalue weighted by molar-refractivity contribution is 5.85. The Balaban J connectivity index is 1.95. The van der Waals surface area contributed by atoms with Crippen LogP contribution in [-0.4, -0.2) is 22.9 Å². The summed E-state index contributed by atoms with van der Waals surface area (Å²) in [7, 11) is 2.03. The quantitative estimate of drug-likeness (QED) is 0.878. The van der Waals surface area contributed by atoms with Crippen molar-refractivity contribution in [2.75, 3.05) is 13.1 Å². The molecule has 3 rings (SSSR count). The van der Waals surface area contributed by atoms with E-state index in [4.69, 9.17) is 0 Å². The predicted molar refractivity (Wildman–Crippen MR) is 74.7 cm³/mol. The maximum absolute atomic E-state index is 4.54. The monoisotopic (exact) mass is 243 g/mol. The van der Waals surface area contributed by atoms with E-state index in [0.717, 1.165) is 18.2 Å². The number of rotatable bonds is 2. The summed E-state index contributed by atoms with van der Waals surface area (Å²) in [5, 5.41) is 9.41. The smallest absolute Gasteiger partial charge is 0.0684 e. The van der Waals surface area contributed by atoms with E-state index in [9.17, 15) is 0 Å². The lowest BCUT2D eigenvalue weighted by atomic mass is 9.90. The molecule has 2 heterocycles. The molecule has 3 heteroatoms. The molecule has 1 atom stereocenters. The van der Waals surface area contributed by atoms with Crippen molar-refractivity contribution in [3.63, 3.8) is 0 Å². The summed E-state index contributed by atoms with van der Waals surface area (Å²) in [4.78, 5) is 0. The molecule has 0 saturated carbocycles. The molecule has 0 amide bonds. The molecule has 1 unspecified atom stereocenters. The summed E-state index contributed by atoms with van der Waals surface area (Å²) in [5.41, 5.74) is 3.88. The van der Waals surface area contributed by atoms with Crippen molar-refractivity contribution >= 4 is 10.9 Å². The van der Waals surface area contributed by atoms with E-state index < -0.39 is 0 Å². The van der Waals surface area contributed by atoms with Gasteiger partial charge in [0.25, 0.3) is 0 Å². The second kappa shape index (κ2) is 4.73. The van der Waals surface area contributed by atoms with Crippen molar-refractivity contribution in [1.29, 1.82) is 0 Å². The van der Waals surface area contributed by atoms with Crippen LogP contribution < -0.4 is 5.32 Å². The first-order valence-corrected chi connectivity index (χ1v) is 6.87. The average molecular weight is 243 g/mol. The van der Waals surface area contributed by atoms with Gasteiger partial charge in [-0.1, -0.05) is 12.1 Å². The number of aromatic nitrogens is 2. The van der Waals surface area contributed by atoms with E-state index in [0.29, 0.717) is 0 Å². The van der Waals surface area contributed by atoms with Crippen LogP contribution in [0.1, 0.15) is 24.1 Å². The molecular weight excluding hydrogens is 222 g/mol. The molecule has 0 bridgehead atoms. The molecule has 1 N–H and O–H groups in total. The lowest BCUT2D eigenvalue weighted by Crippen LogP contribution is -2.30. The molecule has 0 spiro atoms. The number of hydrogen-bond acceptors (Lipinski definition) is 2. The van der Waals surface area contributed by atoms with Crippen LogP contribution in [0.25, 0.3) is 10.9 Å². The summed E-state index contributed by atoms with van der Waals surface area (Å²) < 4.78 is 1.99. The number of nitrogens with one attached hydrogen (secondary N) is 1. The lowest BCUT2D eigenvalue weighted by molar-refractivity contribution is 0.377. The fourth-order valence-electron chi connectivity index (χ4n) is 3.18. The second-order valence-corrected chi connectivity index (χ2v) is 5.44. The van der Waals surface area contributed by atoms with Gasteiger partial charge in [-0.25, -0.2) is 0 Å². The van der Waals surface area contributed by atoms with Gasteiger partial charge < -0.3 is 5.32 Å². The maximum Gasteiger partial charge on any atom is 0.0684 e. The van der Waals surface area contributed by atoms with Crippen molar-refractivity contribution in [3.05, 3.63) is 29.5 Å². The van der Waals surface area contributed by atoms with Gasteiger partial charge >= 0.3 is 0 Å². The molecule has 1 fully saturated rings. The number of piperidine rings is 1. The fourth-order valence-corrected chi connectivity index (χ4v) is 3.18. The highest BCUT2D eigenvalue weighted by Crippen LogP contribution is 2.25. The Morgan fingerprint density at radius 1 is 1.44 bits per heavy atom. The molecule has 18 heavy (non-hydrogen) atoms. The molecule has 1 aliphatic heterocycles. The van der Waals surface area contributed by atoms with Gasteiger partial charge in [-0.2, -0.15) is 5.10 Å². The number of benzene rings is 1. The van der Waals surface area contributed by atoms with Crippen LogP contribution in [0.3, 0.4) is 0 Å². The standard InChI is InChI=1S/C15H21N3/c1-11-15-13(9-12-5-4-8-16-10-12)6-3-7-14(15)18(2)17-11/h3,6-7,12,16H,4-5,8-10H2,1-2H3. The molecule has 96 valence electrons. The van der Waals surface area contributed by atoms with Crippen LogP contribution in [0.4, 0.5) is 0 Å². The van der Waals surface area contributed by atoms with Crippen LogP contribution >= 0.6 is 0 Å². The minimum absolute atomic E-state index is 0.781. The average Bonchev–Trinajstić information content (AvgIpc) is 2.67. The highest BCUT2D eigenvalue weighted by atomic mass is 15.3. The Hall–Kier alpha value is -1.35. The molecular formula is C15H21N3. The van der Waals surface area contributed by atoms with Crippen LogP contribution in [0.15, 0.2) is 18.2 Å². The van der Waals surface area contributed by atoms with Gasteiger partial charge in [0.15, 0.2) is 0 Å². The number of fused-ring (bicyclic) bond motifs is 1. The van der Waals surface area contributed by atoms with E-state index in [2.05, 4.69) is 35.5 Å². The molecule has 1 aromatic heterocycles. The molecule has 1 aliphatic rings.